The molecule has 0 unspecified atom stereocenters. The van der Waals surface area contributed by atoms with Gasteiger partial charge < -0.3 is 9.47 Å². The molecule has 0 aliphatic rings. The summed E-state index contributed by atoms with van der Waals surface area (Å²) in [6.45, 7) is 1.86. The summed E-state index contributed by atoms with van der Waals surface area (Å²) in [7, 11) is 4.15. The zero-order valence-electron chi connectivity index (χ0n) is 15.3. The van der Waals surface area contributed by atoms with Crippen molar-refractivity contribution in [2.75, 3.05) is 20.6 Å². The van der Waals surface area contributed by atoms with Gasteiger partial charge >= 0.3 is 0 Å². The second-order valence-corrected chi connectivity index (χ2v) is 8.82. The van der Waals surface area contributed by atoms with E-state index in [1.165, 1.54) is 0 Å². The van der Waals surface area contributed by atoms with Crippen molar-refractivity contribution >= 4 is 48.4 Å². The molecule has 0 aliphatic carbocycles. The Balaban J connectivity index is 1.89. The van der Waals surface area contributed by atoms with Crippen LogP contribution >= 0.6 is 27.3 Å². The lowest BCUT2D eigenvalue weighted by atomic mass is 10.1. The maximum Gasteiger partial charge on any atom is 0.199 e. The molecule has 0 spiro atoms. The molecule has 0 aliphatic heterocycles. The number of hydrogen-bond donors (Lipinski definition) is 0. The summed E-state index contributed by atoms with van der Waals surface area (Å²) in [6.07, 6.45) is 2.99. The fraction of sp³-hybridized carbons (Fsp3) is 0.238. The molecule has 2 heterocycles. The summed E-state index contributed by atoms with van der Waals surface area (Å²) in [6, 6.07) is 13.9. The first-order valence-corrected chi connectivity index (χ1v) is 10.5. The normalized spacial score (nSPS) is 11.7. The van der Waals surface area contributed by atoms with Crippen molar-refractivity contribution in [2.24, 2.45) is 0 Å². The minimum absolute atomic E-state index is 0.0363. The van der Waals surface area contributed by atoms with Crippen LogP contribution in [0.15, 0.2) is 57.9 Å². The lowest BCUT2D eigenvalue weighted by molar-refractivity contribution is 0.388. The van der Waals surface area contributed by atoms with Crippen LogP contribution in [0.5, 0.6) is 0 Å². The molecule has 4 aromatic rings. The SMILES string of the molecule is CN(C)CCCn1cc(-c2nc3ccccc3s2)c(=O)c2cc(Br)ccc21. The lowest BCUT2D eigenvalue weighted by Crippen LogP contribution is -2.17. The van der Waals surface area contributed by atoms with Gasteiger partial charge in [-0.1, -0.05) is 28.1 Å². The highest BCUT2D eigenvalue weighted by atomic mass is 79.9. The number of pyridine rings is 1. The number of hydrogen-bond acceptors (Lipinski definition) is 4. The molecule has 0 fully saturated rings. The third kappa shape index (κ3) is 3.70. The Morgan fingerprint density at radius 1 is 1.19 bits per heavy atom. The van der Waals surface area contributed by atoms with Gasteiger partial charge in [-0.05, 0) is 57.4 Å². The Kier molecular flexibility index (Phi) is 5.12. The van der Waals surface area contributed by atoms with Crippen molar-refractivity contribution in [1.29, 1.82) is 0 Å². The van der Waals surface area contributed by atoms with Gasteiger partial charge in [-0.15, -0.1) is 11.3 Å². The van der Waals surface area contributed by atoms with E-state index in [2.05, 4.69) is 39.5 Å². The maximum absolute atomic E-state index is 13.2. The van der Waals surface area contributed by atoms with Gasteiger partial charge in [0.15, 0.2) is 5.43 Å². The molecule has 0 atom stereocenters. The Labute approximate surface area is 170 Å². The van der Waals surface area contributed by atoms with E-state index in [1.54, 1.807) is 11.3 Å². The maximum atomic E-state index is 13.2. The number of aryl methyl sites for hydroxylation is 1. The lowest BCUT2D eigenvalue weighted by Gasteiger charge is -2.15. The summed E-state index contributed by atoms with van der Waals surface area (Å²) in [5, 5.41) is 1.51. The highest BCUT2D eigenvalue weighted by molar-refractivity contribution is 9.10. The smallest absolute Gasteiger partial charge is 0.199 e. The molecule has 0 radical (unpaired) electrons. The van der Waals surface area contributed by atoms with Gasteiger partial charge in [0.1, 0.15) is 5.01 Å². The Morgan fingerprint density at radius 2 is 2.00 bits per heavy atom. The summed E-state index contributed by atoms with van der Waals surface area (Å²) < 4.78 is 4.20. The predicted molar refractivity (Wildman–Crippen MR) is 118 cm³/mol. The number of thiazole rings is 1. The van der Waals surface area contributed by atoms with E-state index in [-0.39, 0.29) is 5.43 Å². The average Bonchev–Trinajstić information content (AvgIpc) is 3.07. The van der Waals surface area contributed by atoms with Crippen molar-refractivity contribution in [1.82, 2.24) is 14.5 Å². The van der Waals surface area contributed by atoms with Gasteiger partial charge in [0, 0.05) is 22.6 Å². The molecular formula is C21H20BrN3OS. The van der Waals surface area contributed by atoms with Crippen molar-refractivity contribution in [3.05, 3.63) is 63.4 Å². The molecule has 4 rings (SSSR count). The van der Waals surface area contributed by atoms with Crippen LogP contribution in [0.3, 0.4) is 0 Å². The van der Waals surface area contributed by atoms with Crippen LogP contribution in [-0.2, 0) is 6.54 Å². The van der Waals surface area contributed by atoms with Crippen LogP contribution in [0.1, 0.15) is 6.42 Å². The van der Waals surface area contributed by atoms with E-state index in [0.29, 0.717) is 5.56 Å². The molecule has 0 amide bonds. The Morgan fingerprint density at radius 3 is 2.78 bits per heavy atom. The Bertz CT molecular complexity index is 1150. The van der Waals surface area contributed by atoms with Crippen molar-refractivity contribution < 1.29 is 0 Å². The quantitative estimate of drug-likeness (QED) is 0.437. The fourth-order valence-electron chi connectivity index (χ4n) is 3.25. The highest BCUT2D eigenvalue weighted by Crippen LogP contribution is 2.30. The number of para-hydroxylation sites is 1. The van der Waals surface area contributed by atoms with Gasteiger partial charge in [-0.2, -0.15) is 0 Å². The molecular weight excluding hydrogens is 422 g/mol. The summed E-state index contributed by atoms with van der Waals surface area (Å²) >= 11 is 5.07. The van der Waals surface area contributed by atoms with Crippen LogP contribution in [0.4, 0.5) is 0 Å². The van der Waals surface area contributed by atoms with Crippen LogP contribution in [0.25, 0.3) is 31.7 Å². The number of rotatable bonds is 5. The second kappa shape index (κ2) is 7.54. The van der Waals surface area contributed by atoms with Crippen LogP contribution in [0, 0.1) is 0 Å². The molecule has 27 heavy (non-hydrogen) atoms. The van der Waals surface area contributed by atoms with Gasteiger partial charge in [0.25, 0.3) is 0 Å². The molecule has 138 valence electrons. The zero-order valence-corrected chi connectivity index (χ0v) is 17.7. The topological polar surface area (TPSA) is 38.1 Å². The highest BCUT2D eigenvalue weighted by Gasteiger charge is 2.15. The number of fused-ring (bicyclic) bond motifs is 2. The second-order valence-electron chi connectivity index (χ2n) is 6.87. The number of benzene rings is 2. The summed E-state index contributed by atoms with van der Waals surface area (Å²) in [5.41, 5.74) is 2.61. The third-order valence-electron chi connectivity index (χ3n) is 4.57. The van der Waals surface area contributed by atoms with Gasteiger partial charge in [-0.3, -0.25) is 4.79 Å². The van der Waals surface area contributed by atoms with E-state index in [0.717, 1.165) is 50.1 Å². The molecule has 2 aromatic carbocycles. The minimum Gasteiger partial charge on any atom is -0.346 e. The molecule has 0 saturated heterocycles. The predicted octanol–water partition coefficient (Wildman–Crippen LogP) is 4.99. The molecule has 0 N–H and O–H groups in total. The monoisotopic (exact) mass is 441 g/mol. The van der Waals surface area contributed by atoms with E-state index in [9.17, 15) is 4.79 Å². The van der Waals surface area contributed by atoms with Crippen molar-refractivity contribution in [2.45, 2.75) is 13.0 Å². The largest absolute Gasteiger partial charge is 0.346 e. The number of aromatic nitrogens is 2. The molecule has 4 nitrogen and oxygen atoms in total. The molecule has 6 heteroatoms. The van der Waals surface area contributed by atoms with Gasteiger partial charge in [-0.25, -0.2) is 4.98 Å². The first-order chi connectivity index (χ1) is 13.0. The molecule has 0 bridgehead atoms. The summed E-state index contributed by atoms with van der Waals surface area (Å²) in [5.74, 6) is 0. The number of nitrogens with zero attached hydrogens (tertiary/aromatic N) is 3. The van der Waals surface area contributed by atoms with Crippen molar-refractivity contribution in [3.8, 4) is 10.6 Å². The van der Waals surface area contributed by atoms with Crippen LogP contribution < -0.4 is 5.43 Å². The van der Waals surface area contributed by atoms with E-state index < -0.39 is 0 Å². The molecule has 0 saturated carbocycles. The fourth-order valence-corrected chi connectivity index (χ4v) is 4.59. The van der Waals surface area contributed by atoms with Gasteiger partial charge in [0.05, 0.1) is 21.3 Å². The molecule has 2 aromatic heterocycles. The average molecular weight is 442 g/mol. The first kappa shape index (κ1) is 18.3. The zero-order chi connectivity index (χ0) is 19.0. The van der Waals surface area contributed by atoms with Gasteiger partial charge in [0.2, 0.25) is 0 Å². The standard InChI is InChI=1S/C21H20BrN3OS/c1-24(2)10-5-11-25-13-16(20(26)15-12-14(22)8-9-18(15)25)21-23-17-6-3-4-7-19(17)27-21/h3-4,6-9,12-13H,5,10-11H2,1-2H3. The minimum atomic E-state index is 0.0363. The Hall–Kier alpha value is -2.02. The van der Waals surface area contributed by atoms with E-state index in [1.807, 2.05) is 48.7 Å². The van der Waals surface area contributed by atoms with E-state index in [4.69, 9.17) is 4.98 Å². The number of halogens is 1. The van der Waals surface area contributed by atoms with Crippen molar-refractivity contribution in [3.63, 3.8) is 0 Å². The first-order valence-electron chi connectivity index (χ1n) is 8.86. The summed E-state index contributed by atoms with van der Waals surface area (Å²) in [4.78, 5) is 20.1. The van der Waals surface area contributed by atoms with Crippen LogP contribution in [0.2, 0.25) is 0 Å². The van der Waals surface area contributed by atoms with Crippen LogP contribution in [-0.4, -0.2) is 35.1 Å². The van der Waals surface area contributed by atoms with E-state index >= 15 is 0 Å². The third-order valence-corrected chi connectivity index (χ3v) is 6.13.